The van der Waals surface area contributed by atoms with Crippen LogP contribution in [0, 0.1) is 23.0 Å². The van der Waals surface area contributed by atoms with Crippen molar-refractivity contribution < 1.29 is 18.1 Å². The predicted molar refractivity (Wildman–Crippen MR) is 73.3 cm³/mol. The smallest absolute Gasteiger partial charge is 0.377 e. The number of nitro groups is 1. The summed E-state index contributed by atoms with van der Waals surface area (Å²) in [6.45, 7) is 1.73. The minimum absolute atomic E-state index is 0.0332. The van der Waals surface area contributed by atoms with Crippen molar-refractivity contribution in [2.45, 2.75) is 44.8 Å². The molecule has 2 atom stereocenters. The Balaban J connectivity index is 2.13. The van der Waals surface area contributed by atoms with Gasteiger partial charge in [-0.15, -0.1) is 0 Å². The topological polar surface area (TPSA) is 55.2 Å². The molecule has 4 nitrogen and oxygen atoms in total. The Kier molecular flexibility index (Phi) is 4.39. The van der Waals surface area contributed by atoms with Crippen LogP contribution in [0.3, 0.4) is 0 Å². The van der Waals surface area contributed by atoms with Gasteiger partial charge in [0.1, 0.15) is 5.69 Å². The van der Waals surface area contributed by atoms with E-state index in [1.165, 1.54) is 6.07 Å². The van der Waals surface area contributed by atoms with E-state index in [1.54, 1.807) is 19.1 Å². The van der Waals surface area contributed by atoms with Gasteiger partial charge >= 0.3 is 6.18 Å². The molecule has 116 valence electrons. The molecular formula is C14H17F3N2O2. The summed E-state index contributed by atoms with van der Waals surface area (Å²) in [4.78, 5) is 10.5. The van der Waals surface area contributed by atoms with Crippen molar-refractivity contribution in [3.05, 3.63) is 33.9 Å². The van der Waals surface area contributed by atoms with Crippen LogP contribution in [0.15, 0.2) is 18.2 Å². The van der Waals surface area contributed by atoms with Crippen LogP contribution in [0.4, 0.5) is 24.5 Å². The van der Waals surface area contributed by atoms with E-state index in [-0.39, 0.29) is 24.6 Å². The summed E-state index contributed by atoms with van der Waals surface area (Å²) in [6.07, 6.45) is -3.02. The lowest BCUT2D eigenvalue weighted by molar-refractivity contribution is -0.384. The van der Waals surface area contributed by atoms with Gasteiger partial charge in [-0.05, 0) is 37.8 Å². The van der Waals surface area contributed by atoms with Gasteiger partial charge in [0.05, 0.1) is 10.8 Å². The Labute approximate surface area is 120 Å². The van der Waals surface area contributed by atoms with Crippen LogP contribution in [-0.4, -0.2) is 17.1 Å². The molecular weight excluding hydrogens is 285 g/mol. The molecule has 1 saturated carbocycles. The fourth-order valence-corrected chi connectivity index (χ4v) is 2.75. The maximum Gasteiger partial charge on any atom is 0.391 e. The number of aryl methyl sites for hydroxylation is 1. The summed E-state index contributed by atoms with van der Waals surface area (Å²) in [5, 5.41) is 13.9. The highest BCUT2D eigenvalue weighted by molar-refractivity contribution is 5.63. The van der Waals surface area contributed by atoms with Crippen molar-refractivity contribution in [1.29, 1.82) is 0 Å². The zero-order valence-electron chi connectivity index (χ0n) is 11.6. The number of anilines is 1. The number of halogens is 3. The van der Waals surface area contributed by atoms with Crippen molar-refractivity contribution >= 4 is 11.4 Å². The normalized spacial score (nSPS) is 22.9. The van der Waals surface area contributed by atoms with E-state index in [2.05, 4.69) is 5.32 Å². The predicted octanol–water partition coefficient (Wildman–Crippen LogP) is 4.44. The van der Waals surface area contributed by atoms with Gasteiger partial charge in [0.15, 0.2) is 0 Å². The second kappa shape index (κ2) is 5.91. The van der Waals surface area contributed by atoms with E-state index < -0.39 is 17.0 Å². The monoisotopic (exact) mass is 302 g/mol. The number of rotatable bonds is 3. The van der Waals surface area contributed by atoms with Crippen LogP contribution in [0.25, 0.3) is 0 Å². The molecule has 2 unspecified atom stereocenters. The molecule has 0 aliphatic heterocycles. The van der Waals surface area contributed by atoms with E-state index in [0.29, 0.717) is 18.5 Å². The summed E-state index contributed by atoms with van der Waals surface area (Å²) in [7, 11) is 0. The Hall–Kier alpha value is -1.79. The van der Waals surface area contributed by atoms with Gasteiger partial charge in [-0.2, -0.15) is 13.2 Å². The Bertz CT molecular complexity index is 531. The minimum Gasteiger partial charge on any atom is -0.377 e. The average molecular weight is 302 g/mol. The first-order chi connectivity index (χ1) is 9.77. The highest BCUT2D eigenvalue weighted by atomic mass is 19.4. The van der Waals surface area contributed by atoms with E-state index in [4.69, 9.17) is 0 Å². The van der Waals surface area contributed by atoms with Crippen LogP contribution in [0.2, 0.25) is 0 Å². The summed E-state index contributed by atoms with van der Waals surface area (Å²) < 4.78 is 38.3. The largest absolute Gasteiger partial charge is 0.391 e. The van der Waals surface area contributed by atoms with Crippen LogP contribution in [0.1, 0.15) is 31.2 Å². The molecule has 7 heteroatoms. The summed E-state index contributed by atoms with van der Waals surface area (Å²) in [5.41, 5.74) is 0.937. The third-order valence-electron chi connectivity index (χ3n) is 3.85. The third-order valence-corrected chi connectivity index (χ3v) is 3.85. The van der Waals surface area contributed by atoms with E-state index in [1.807, 2.05) is 0 Å². The van der Waals surface area contributed by atoms with Crippen LogP contribution < -0.4 is 5.32 Å². The SMILES string of the molecule is Cc1ccc(NC2CCCC(C(F)(F)F)C2)c([N+](=O)[O-])c1. The van der Waals surface area contributed by atoms with Crippen LogP contribution >= 0.6 is 0 Å². The van der Waals surface area contributed by atoms with Gasteiger partial charge in [0.2, 0.25) is 0 Å². The standard InChI is InChI=1S/C14H17F3N2O2/c1-9-5-6-12(13(7-9)19(20)21)18-11-4-2-3-10(8-11)14(15,16)17/h5-7,10-11,18H,2-4,8H2,1H3. The fraction of sp³-hybridized carbons (Fsp3) is 0.571. The molecule has 0 spiro atoms. The Morgan fingerprint density at radius 1 is 1.33 bits per heavy atom. The van der Waals surface area contributed by atoms with Gasteiger partial charge in [-0.25, -0.2) is 0 Å². The molecule has 21 heavy (non-hydrogen) atoms. The molecule has 0 amide bonds. The lowest BCUT2D eigenvalue weighted by Gasteiger charge is -2.31. The number of alkyl halides is 3. The number of hydrogen-bond donors (Lipinski definition) is 1. The quantitative estimate of drug-likeness (QED) is 0.663. The minimum atomic E-state index is -4.19. The van der Waals surface area contributed by atoms with Gasteiger partial charge in [-0.3, -0.25) is 10.1 Å². The number of nitrogens with one attached hydrogen (secondary N) is 1. The zero-order chi connectivity index (χ0) is 15.6. The van der Waals surface area contributed by atoms with Crippen molar-refractivity contribution in [2.75, 3.05) is 5.32 Å². The Morgan fingerprint density at radius 2 is 2.05 bits per heavy atom. The molecule has 1 N–H and O–H groups in total. The zero-order valence-corrected chi connectivity index (χ0v) is 11.6. The molecule has 2 rings (SSSR count). The first-order valence-corrected chi connectivity index (χ1v) is 6.85. The highest BCUT2D eigenvalue weighted by Gasteiger charge is 2.42. The van der Waals surface area contributed by atoms with Gasteiger partial charge in [0, 0.05) is 12.1 Å². The molecule has 1 aromatic carbocycles. The highest BCUT2D eigenvalue weighted by Crippen LogP contribution is 2.39. The van der Waals surface area contributed by atoms with Crippen LogP contribution in [-0.2, 0) is 0 Å². The molecule has 0 saturated heterocycles. The van der Waals surface area contributed by atoms with Gasteiger partial charge in [-0.1, -0.05) is 12.5 Å². The maximum atomic E-state index is 12.8. The van der Waals surface area contributed by atoms with Crippen molar-refractivity contribution in [3.63, 3.8) is 0 Å². The maximum absolute atomic E-state index is 12.8. The molecule has 1 aromatic rings. The van der Waals surface area contributed by atoms with Crippen molar-refractivity contribution in [3.8, 4) is 0 Å². The molecule has 0 heterocycles. The van der Waals surface area contributed by atoms with E-state index in [0.717, 1.165) is 5.56 Å². The third kappa shape index (κ3) is 3.86. The molecule has 0 aromatic heterocycles. The molecule has 0 radical (unpaired) electrons. The number of hydrogen-bond acceptors (Lipinski definition) is 3. The number of nitrogens with zero attached hydrogens (tertiary/aromatic N) is 1. The molecule has 1 aliphatic rings. The summed E-state index contributed by atoms with van der Waals surface area (Å²) in [5.74, 6) is -1.33. The van der Waals surface area contributed by atoms with Crippen molar-refractivity contribution in [2.24, 2.45) is 5.92 Å². The first kappa shape index (κ1) is 15.6. The fourth-order valence-electron chi connectivity index (χ4n) is 2.75. The lowest BCUT2D eigenvalue weighted by atomic mass is 9.85. The Morgan fingerprint density at radius 3 is 2.67 bits per heavy atom. The lowest BCUT2D eigenvalue weighted by Crippen LogP contribution is -2.34. The summed E-state index contributed by atoms with van der Waals surface area (Å²) >= 11 is 0. The van der Waals surface area contributed by atoms with Gasteiger partial charge < -0.3 is 5.32 Å². The van der Waals surface area contributed by atoms with Crippen LogP contribution in [0.5, 0.6) is 0 Å². The van der Waals surface area contributed by atoms with E-state index in [9.17, 15) is 23.3 Å². The van der Waals surface area contributed by atoms with Gasteiger partial charge in [0.25, 0.3) is 5.69 Å². The number of nitro benzene ring substituents is 1. The first-order valence-electron chi connectivity index (χ1n) is 6.85. The molecule has 1 fully saturated rings. The number of benzene rings is 1. The molecule has 0 bridgehead atoms. The second-order valence-electron chi connectivity index (χ2n) is 5.52. The van der Waals surface area contributed by atoms with Crippen molar-refractivity contribution in [1.82, 2.24) is 0 Å². The second-order valence-corrected chi connectivity index (χ2v) is 5.52. The average Bonchev–Trinajstić information content (AvgIpc) is 2.40. The summed E-state index contributed by atoms with van der Waals surface area (Å²) in [6, 6.07) is 4.31. The molecule has 1 aliphatic carbocycles. The van der Waals surface area contributed by atoms with E-state index >= 15 is 0 Å².